The molecule has 1 aromatic carbocycles. The lowest BCUT2D eigenvalue weighted by Crippen LogP contribution is -2.46. The predicted molar refractivity (Wildman–Crippen MR) is 90.1 cm³/mol. The first-order valence-corrected chi connectivity index (χ1v) is 9.15. The minimum absolute atomic E-state index is 0.378. The molecule has 2 saturated carbocycles. The molecule has 2 heteroatoms. The molecule has 5 atom stereocenters. The largest absolute Gasteiger partial charge is 0.508 e. The number of fused-ring (bicyclic) bond motifs is 5. The first-order valence-electron chi connectivity index (χ1n) is 9.15. The number of hydrogen-bond acceptors (Lipinski definition) is 2. The minimum Gasteiger partial charge on any atom is -0.508 e. The summed E-state index contributed by atoms with van der Waals surface area (Å²) in [7, 11) is 0. The molecular weight excluding hydrogens is 270 g/mol. The fourth-order valence-electron chi connectivity index (χ4n) is 5.98. The van der Waals surface area contributed by atoms with Crippen molar-refractivity contribution in [3.8, 4) is 5.75 Å². The van der Waals surface area contributed by atoms with Crippen LogP contribution in [0.25, 0.3) is 0 Å². The van der Waals surface area contributed by atoms with Crippen molar-refractivity contribution >= 4 is 0 Å². The zero-order valence-electron chi connectivity index (χ0n) is 13.9. The molecule has 0 heterocycles. The number of aromatic hydroxyl groups is 1. The third kappa shape index (κ3) is 1.89. The van der Waals surface area contributed by atoms with Crippen molar-refractivity contribution in [3.05, 3.63) is 28.8 Å². The molecule has 0 radical (unpaired) electrons. The lowest BCUT2D eigenvalue weighted by atomic mass is 9.55. The van der Waals surface area contributed by atoms with Crippen LogP contribution >= 0.6 is 0 Å². The van der Waals surface area contributed by atoms with Crippen molar-refractivity contribution in [1.29, 1.82) is 0 Å². The molecule has 3 aliphatic rings. The summed E-state index contributed by atoms with van der Waals surface area (Å²) in [5, 5.41) is 10.2. The molecule has 0 unspecified atom stereocenters. The van der Waals surface area contributed by atoms with Gasteiger partial charge >= 0.3 is 0 Å². The van der Waals surface area contributed by atoms with E-state index in [2.05, 4.69) is 26.0 Å². The molecule has 120 valence electrons. The van der Waals surface area contributed by atoms with E-state index < -0.39 is 0 Å². The number of benzene rings is 1. The van der Waals surface area contributed by atoms with E-state index >= 15 is 0 Å². The third-order valence-corrected chi connectivity index (χ3v) is 7.38. The van der Waals surface area contributed by atoms with Crippen molar-refractivity contribution < 1.29 is 5.11 Å². The van der Waals surface area contributed by atoms with E-state index in [0.717, 1.165) is 30.2 Å². The fourth-order valence-corrected chi connectivity index (χ4v) is 5.98. The first-order chi connectivity index (χ1) is 10.5. The predicted octanol–water partition coefficient (Wildman–Crippen LogP) is 4.14. The van der Waals surface area contributed by atoms with Crippen LogP contribution in [0.2, 0.25) is 0 Å². The molecule has 0 aliphatic heterocycles. The van der Waals surface area contributed by atoms with Crippen molar-refractivity contribution in [2.24, 2.45) is 23.0 Å². The molecule has 4 rings (SSSR count). The second kappa shape index (κ2) is 4.99. The van der Waals surface area contributed by atoms with Crippen molar-refractivity contribution in [3.63, 3.8) is 0 Å². The summed E-state index contributed by atoms with van der Waals surface area (Å²) in [5.74, 6) is 2.84. The Balaban J connectivity index is 1.72. The molecule has 0 saturated heterocycles. The van der Waals surface area contributed by atoms with Crippen LogP contribution in [0, 0.1) is 17.3 Å². The molecule has 0 bridgehead atoms. The van der Waals surface area contributed by atoms with Gasteiger partial charge in [-0.3, -0.25) is 0 Å². The maximum Gasteiger partial charge on any atom is 0.119 e. The van der Waals surface area contributed by atoms with Crippen LogP contribution in [0.3, 0.4) is 0 Å². The highest BCUT2D eigenvalue weighted by Crippen LogP contribution is 2.60. The van der Waals surface area contributed by atoms with E-state index in [-0.39, 0.29) is 0 Å². The minimum atomic E-state index is 0.378. The van der Waals surface area contributed by atoms with Gasteiger partial charge in [0.1, 0.15) is 5.75 Å². The SMILES string of the molecule is CCc1cc2c(cc1O)CC[C@@H]1[C@@H]2CC[C@]2(C)[C@@H](N)CC[C@@H]12. The first kappa shape index (κ1) is 14.6. The number of rotatable bonds is 1. The van der Waals surface area contributed by atoms with Crippen LogP contribution in [-0.4, -0.2) is 11.1 Å². The zero-order valence-corrected chi connectivity index (χ0v) is 13.9. The smallest absolute Gasteiger partial charge is 0.119 e. The standard InChI is InChI=1S/C20H29NO/c1-3-12-10-16-13(11-18(12)22)4-5-15-14(16)8-9-20(2)17(15)6-7-19(20)21/h10-11,14-15,17,19,22H,3-9,21H2,1-2H3/t14-,15+,17-,19-,20-/m0/s1. The summed E-state index contributed by atoms with van der Waals surface area (Å²) in [5.41, 5.74) is 10.9. The summed E-state index contributed by atoms with van der Waals surface area (Å²) in [6, 6.07) is 4.78. The Morgan fingerprint density at radius 1 is 1.23 bits per heavy atom. The van der Waals surface area contributed by atoms with Crippen LogP contribution in [-0.2, 0) is 12.8 Å². The molecule has 3 N–H and O–H groups in total. The summed E-state index contributed by atoms with van der Waals surface area (Å²) < 4.78 is 0. The Bertz CT molecular complexity index is 596. The molecule has 22 heavy (non-hydrogen) atoms. The monoisotopic (exact) mass is 299 g/mol. The fraction of sp³-hybridized carbons (Fsp3) is 0.700. The molecule has 1 aromatic rings. The Morgan fingerprint density at radius 2 is 2.05 bits per heavy atom. The van der Waals surface area contributed by atoms with E-state index in [1.807, 2.05) is 0 Å². The number of hydrogen-bond donors (Lipinski definition) is 2. The number of nitrogens with two attached hydrogens (primary N) is 1. The second-order valence-corrected chi connectivity index (χ2v) is 8.18. The lowest BCUT2D eigenvalue weighted by Gasteiger charge is -2.50. The van der Waals surface area contributed by atoms with Gasteiger partial charge in [-0.1, -0.05) is 19.9 Å². The third-order valence-electron chi connectivity index (χ3n) is 7.38. The van der Waals surface area contributed by atoms with E-state index in [1.54, 1.807) is 5.56 Å². The number of phenols is 1. The molecule has 0 amide bonds. The zero-order chi connectivity index (χ0) is 15.5. The highest BCUT2D eigenvalue weighted by atomic mass is 16.3. The van der Waals surface area contributed by atoms with E-state index in [4.69, 9.17) is 5.73 Å². The average molecular weight is 299 g/mol. The Labute approximate surface area is 134 Å². The quantitative estimate of drug-likeness (QED) is 0.818. The van der Waals surface area contributed by atoms with Crippen LogP contribution in [0.4, 0.5) is 0 Å². The Morgan fingerprint density at radius 3 is 2.82 bits per heavy atom. The second-order valence-electron chi connectivity index (χ2n) is 8.18. The van der Waals surface area contributed by atoms with Gasteiger partial charge in [-0.15, -0.1) is 0 Å². The highest BCUT2D eigenvalue weighted by Gasteiger charge is 2.53. The van der Waals surface area contributed by atoms with Crippen molar-refractivity contribution in [2.45, 2.75) is 70.8 Å². The molecule has 0 spiro atoms. The van der Waals surface area contributed by atoms with Crippen molar-refractivity contribution in [1.82, 2.24) is 0 Å². The summed E-state index contributed by atoms with van der Waals surface area (Å²) in [6.45, 7) is 4.59. The van der Waals surface area contributed by atoms with E-state index in [9.17, 15) is 5.11 Å². The average Bonchev–Trinajstić information content (AvgIpc) is 2.82. The van der Waals surface area contributed by atoms with Gasteiger partial charge in [0, 0.05) is 6.04 Å². The van der Waals surface area contributed by atoms with Crippen molar-refractivity contribution in [2.75, 3.05) is 0 Å². The van der Waals surface area contributed by atoms with Crippen LogP contribution in [0.5, 0.6) is 5.75 Å². The maximum atomic E-state index is 10.2. The van der Waals surface area contributed by atoms with E-state index in [1.165, 1.54) is 37.7 Å². The molecular formula is C20H29NO. The Kier molecular flexibility index (Phi) is 3.30. The number of phenolic OH excluding ortho intramolecular Hbond substituents is 1. The van der Waals surface area contributed by atoms with Gasteiger partial charge in [0.15, 0.2) is 0 Å². The maximum absolute atomic E-state index is 10.2. The van der Waals surface area contributed by atoms with E-state index in [0.29, 0.717) is 23.1 Å². The van der Waals surface area contributed by atoms with Gasteiger partial charge in [-0.05, 0) is 90.9 Å². The van der Waals surface area contributed by atoms with Gasteiger partial charge in [-0.25, -0.2) is 0 Å². The normalized spacial score (nSPS) is 40.0. The van der Waals surface area contributed by atoms with Crippen LogP contribution in [0.15, 0.2) is 12.1 Å². The van der Waals surface area contributed by atoms with Gasteiger partial charge in [0.05, 0.1) is 0 Å². The van der Waals surface area contributed by atoms with Crippen LogP contribution < -0.4 is 5.73 Å². The summed E-state index contributed by atoms with van der Waals surface area (Å²) in [4.78, 5) is 0. The summed E-state index contributed by atoms with van der Waals surface area (Å²) in [6.07, 6.45) is 8.45. The van der Waals surface area contributed by atoms with Gasteiger partial charge in [0.2, 0.25) is 0 Å². The summed E-state index contributed by atoms with van der Waals surface area (Å²) >= 11 is 0. The van der Waals surface area contributed by atoms with Gasteiger partial charge < -0.3 is 10.8 Å². The Hall–Kier alpha value is -1.02. The molecule has 2 fully saturated rings. The molecule has 0 aromatic heterocycles. The highest BCUT2D eigenvalue weighted by molar-refractivity contribution is 5.45. The topological polar surface area (TPSA) is 46.2 Å². The van der Waals surface area contributed by atoms with Gasteiger partial charge in [0.25, 0.3) is 0 Å². The number of aryl methyl sites for hydroxylation is 2. The molecule has 3 aliphatic carbocycles. The van der Waals surface area contributed by atoms with Crippen LogP contribution in [0.1, 0.15) is 68.6 Å². The molecule has 2 nitrogen and oxygen atoms in total. The lowest BCUT2D eigenvalue weighted by molar-refractivity contribution is 0.0496. The van der Waals surface area contributed by atoms with Gasteiger partial charge in [-0.2, -0.15) is 0 Å².